The van der Waals surface area contributed by atoms with E-state index in [2.05, 4.69) is 20.2 Å². The Labute approximate surface area is 120 Å². The van der Waals surface area contributed by atoms with E-state index in [-0.39, 0.29) is 12.6 Å². The van der Waals surface area contributed by atoms with Crippen molar-refractivity contribution < 1.29 is 9.84 Å². The summed E-state index contributed by atoms with van der Waals surface area (Å²) in [6.07, 6.45) is 4.52. The molecule has 6 nitrogen and oxygen atoms in total. The molecule has 2 rings (SSSR count). The van der Waals surface area contributed by atoms with E-state index < -0.39 is 0 Å². The van der Waals surface area contributed by atoms with Crippen LogP contribution in [0.25, 0.3) is 0 Å². The van der Waals surface area contributed by atoms with Gasteiger partial charge < -0.3 is 20.1 Å². The SMILES string of the molecule is CNc1cc(N2CCCCCC2CO)nc(COC)n1. The van der Waals surface area contributed by atoms with Crippen molar-refractivity contribution in [1.82, 2.24) is 9.97 Å². The highest BCUT2D eigenvalue weighted by molar-refractivity contribution is 5.50. The van der Waals surface area contributed by atoms with Gasteiger partial charge >= 0.3 is 0 Å². The van der Waals surface area contributed by atoms with Crippen LogP contribution in [0, 0.1) is 0 Å². The Morgan fingerprint density at radius 3 is 2.95 bits per heavy atom. The Hall–Kier alpha value is -1.40. The average Bonchev–Trinajstić information content (AvgIpc) is 2.72. The van der Waals surface area contributed by atoms with Crippen molar-refractivity contribution >= 4 is 11.6 Å². The van der Waals surface area contributed by atoms with E-state index >= 15 is 0 Å². The molecule has 1 fully saturated rings. The van der Waals surface area contributed by atoms with Gasteiger partial charge in [-0.05, 0) is 12.8 Å². The van der Waals surface area contributed by atoms with E-state index in [1.807, 2.05) is 13.1 Å². The van der Waals surface area contributed by atoms with Crippen molar-refractivity contribution in [2.45, 2.75) is 38.3 Å². The maximum atomic E-state index is 9.62. The van der Waals surface area contributed by atoms with Crippen LogP contribution in [-0.4, -0.2) is 48.4 Å². The summed E-state index contributed by atoms with van der Waals surface area (Å²) < 4.78 is 5.13. The predicted octanol–water partition coefficient (Wildman–Crippen LogP) is 1.41. The van der Waals surface area contributed by atoms with E-state index in [0.717, 1.165) is 37.4 Å². The number of nitrogens with zero attached hydrogens (tertiary/aromatic N) is 3. The Morgan fingerprint density at radius 1 is 1.40 bits per heavy atom. The molecular formula is C14H24N4O2. The summed E-state index contributed by atoms with van der Waals surface area (Å²) in [6.45, 7) is 1.48. The van der Waals surface area contributed by atoms with E-state index in [4.69, 9.17) is 4.74 Å². The molecule has 0 saturated carbocycles. The molecule has 1 aliphatic heterocycles. The van der Waals surface area contributed by atoms with Gasteiger partial charge in [-0.3, -0.25) is 0 Å². The molecule has 0 aromatic carbocycles. The number of nitrogens with one attached hydrogen (secondary N) is 1. The third kappa shape index (κ3) is 3.58. The van der Waals surface area contributed by atoms with E-state index in [1.165, 1.54) is 6.42 Å². The largest absolute Gasteiger partial charge is 0.394 e. The van der Waals surface area contributed by atoms with Gasteiger partial charge in [0.1, 0.15) is 18.2 Å². The molecule has 1 aliphatic rings. The van der Waals surface area contributed by atoms with Gasteiger partial charge in [0.15, 0.2) is 5.82 Å². The average molecular weight is 280 g/mol. The molecule has 20 heavy (non-hydrogen) atoms. The van der Waals surface area contributed by atoms with E-state index in [9.17, 15) is 5.11 Å². The minimum Gasteiger partial charge on any atom is -0.394 e. The molecule has 1 saturated heterocycles. The minimum absolute atomic E-state index is 0.146. The fourth-order valence-corrected chi connectivity index (χ4v) is 2.62. The molecule has 2 N–H and O–H groups in total. The summed E-state index contributed by atoms with van der Waals surface area (Å²) in [5.41, 5.74) is 0. The zero-order valence-electron chi connectivity index (χ0n) is 12.3. The van der Waals surface area contributed by atoms with Gasteiger partial charge in [-0.15, -0.1) is 0 Å². The van der Waals surface area contributed by atoms with Crippen LogP contribution in [0.2, 0.25) is 0 Å². The van der Waals surface area contributed by atoms with Crippen LogP contribution in [0.3, 0.4) is 0 Å². The first-order chi connectivity index (χ1) is 9.78. The van der Waals surface area contributed by atoms with Crippen LogP contribution in [0.1, 0.15) is 31.5 Å². The maximum absolute atomic E-state index is 9.62. The summed E-state index contributed by atoms with van der Waals surface area (Å²) in [4.78, 5) is 11.2. The topological polar surface area (TPSA) is 70.5 Å². The van der Waals surface area contributed by atoms with Crippen LogP contribution >= 0.6 is 0 Å². The summed E-state index contributed by atoms with van der Waals surface area (Å²) in [5.74, 6) is 2.32. The van der Waals surface area contributed by atoms with Gasteiger partial charge in [-0.25, -0.2) is 9.97 Å². The van der Waals surface area contributed by atoms with Crippen molar-refractivity contribution in [3.63, 3.8) is 0 Å². The van der Waals surface area contributed by atoms with Gasteiger partial charge in [0, 0.05) is 26.8 Å². The second-order valence-corrected chi connectivity index (χ2v) is 5.09. The van der Waals surface area contributed by atoms with Crippen molar-refractivity contribution in [2.75, 3.05) is 37.5 Å². The highest BCUT2D eigenvalue weighted by Gasteiger charge is 2.22. The van der Waals surface area contributed by atoms with Crippen LogP contribution in [0.15, 0.2) is 6.07 Å². The number of hydrogen-bond acceptors (Lipinski definition) is 6. The van der Waals surface area contributed by atoms with Crippen molar-refractivity contribution in [3.05, 3.63) is 11.9 Å². The third-order valence-electron chi connectivity index (χ3n) is 3.67. The zero-order valence-corrected chi connectivity index (χ0v) is 12.3. The number of methoxy groups -OCH3 is 1. The molecule has 0 spiro atoms. The van der Waals surface area contributed by atoms with Crippen molar-refractivity contribution in [3.8, 4) is 0 Å². The molecule has 0 amide bonds. The van der Waals surface area contributed by atoms with Crippen LogP contribution in [0.5, 0.6) is 0 Å². The molecule has 0 radical (unpaired) electrons. The Balaban J connectivity index is 2.30. The molecule has 1 aromatic rings. The fraction of sp³-hybridized carbons (Fsp3) is 0.714. The highest BCUT2D eigenvalue weighted by Crippen LogP contribution is 2.24. The first-order valence-electron chi connectivity index (χ1n) is 7.20. The fourth-order valence-electron chi connectivity index (χ4n) is 2.62. The number of rotatable bonds is 5. The summed E-state index contributed by atoms with van der Waals surface area (Å²) >= 11 is 0. The number of hydrogen-bond donors (Lipinski definition) is 2. The maximum Gasteiger partial charge on any atom is 0.158 e. The van der Waals surface area contributed by atoms with Gasteiger partial charge in [-0.1, -0.05) is 12.8 Å². The molecule has 6 heteroatoms. The lowest BCUT2D eigenvalue weighted by Crippen LogP contribution is -2.38. The molecular weight excluding hydrogens is 256 g/mol. The quantitative estimate of drug-likeness (QED) is 0.850. The molecule has 0 aliphatic carbocycles. The molecule has 1 atom stereocenters. The van der Waals surface area contributed by atoms with Crippen LogP contribution in [0.4, 0.5) is 11.6 Å². The Morgan fingerprint density at radius 2 is 2.25 bits per heavy atom. The van der Waals surface area contributed by atoms with Gasteiger partial charge in [0.25, 0.3) is 0 Å². The normalized spacial score (nSPS) is 19.8. The predicted molar refractivity (Wildman–Crippen MR) is 79.0 cm³/mol. The minimum atomic E-state index is 0.146. The molecule has 2 heterocycles. The lowest BCUT2D eigenvalue weighted by molar-refractivity contribution is 0.178. The zero-order chi connectivity index (χ0) is 14.4. The van der Waals surface area contributed by atoms with Gasteiger partial charge in [-0.2, -0.15) is 0 Å². The summed E-state index contributed by atoms with van der Waals surface area (Å²) in [7, 11) is 3.48. The number of aliphatic hydroxyl groups excluding tert-OH is 1. The monoisotopic (exact) mass is 280 g/mol. The first-order valence-corrected chi connectivity index (χ1v) is 7.20. The number of anilines is 2. The number of ether oxygens (including phenoxy) is 1. The number of aromatic nitrogens is 2. The smallest absolute Gasteiger partial charge is 0.158 e. The highest BCUT2D eigenvalue weighted by atomic mass is 16.5. The Bertz CT molecular complexity index is 428. The second-order valence-electron chi connectivity index (χ2n) is 5.09. The standard InChI is InChI=1S/C14H24N4O2/c1-15-12-8-14(17-13(16-12)10-20-2)18-7-5-3-4-6-11(18)9-19/h8,11,19H,3-7,9-10H2,1-2H3,(H,15,16,17). The Kier molecular flexibility index (Phi) is 5.55. The lowest BCUT2D eigenvalue weighted by Gasteiger charge is -2.30. The van der Waals surface area contributed by atoms with E-state index in [1.54, 1.807) is 7.11 Å². The third-order valence-corrected chi connectivity index (χ3v) is 3.67. The molecule has 112 valence electrons. The number of aliphatic hydroxyl groups is 1. The van der Waals surface area contributed by atoms with Crippen LogP contribution < -0.4 is 10.2 Å². The van der Waals surface area contributed by atoms with Crippen molar-refractivity contribution in [2.24, 2.45) is 0 Å². The van der Waals surface area contributed by atoms with Gasteiger partial charge in [0.05, 0.1) is 12.6 Å². The first kappa shape index (κ1) is 15.0. The summed E-state index contributed by atoms with van der Waals surface area (Å²) in [6, 6.07) is 2.08. The molecule has 1 aromatic heterocycles. The molecule has 0 bridgehead atoms. The van der Waals surface area contributed by atoms with Crippen LogP contribution in [-0.2, 0) is 11.3 Å². The second kappa shape index (κ2) is 7.40. The molecule has 1 unspecified atom stereocenters. The summed E-state index contributed by atoms with van der Waals surface area (Å²) in [5, 5.41) is 12.7. The van der Waals surface area contributed by atoms with Crippen molar-refractivity contribution in [1.29, 1.82) is 0 Å². The van der Waals surface area contributed by atoms with Gasteiger partial charge in [0.2, 0.25) is 0 Å². The lowest BCUT2D eigenvalue weighted by atomic mass is 10.1. The van der Waals surface area contributed by atoms with E-state index in [0.29, 0.717) is 12.4 Å².